The molecule has 0 bridgehead atoms. The number of halogens is 3. The predicted molar refractivity (Wildman–Crippen MR) is 152 cm³/mol. The zero-order valence-corrected chi connectivity index (χ0v) is 25.5. The number of carbonyl (C=O) groups excluding carboxylic acids is 2. The van der Waals surface area contributed by atoms with Gasteiger partial charge in [0.05, 0.1) is 21.7 Å². The first-order chi connectivity index (χ1) is 18.2. The van der Waals surface area contributed by atoms with Crippen molar-refractivity contribution in [2.75, 3.05) is 30.6 Å². The van der Waals surface area contributed by atoms with Gasteiger partial charge < -0.3 is 18.9 Å². The molecule has 2 aromatic carbocycles. The summed E-state index contributed by atoms with van der Waals surface area (Å²) in [6.45, 7) is 7.93. The van der Waals surface area contributed by atoms with E-state index >= 15 is 0 Å². The summed E-state index contributed by atoms with van der Waals surface area (Å²) >= 11 is 18.8. The minimum absolute atomic E-state index is 0.0608. The molecule has 216 valence electrons. The summed E-state index contributed by atoms with van der Waals surface area (Å²) in [6.07, 6.45) is -1.56. The van der Waals surface area contributed by atoms with Crippen LogP contribution in [0, 0.1) is 0 Å². The van der Waals surface area contributed by atoms with E-state index in [-0.39, 0.29) is 30.6 Å². The van der Waals surface area contributed by atoms with Crippen molar-refractivity contribution in [1.29, 1.82) is 0 Å². The van der Waals surface area contributed by atoms with Crippen LogP contribution in [-0.2, 0) is 34.3 Å². The summed E-state index contributed by atoms with van der Waals surface area (Å²) < 4.78 is 45.7. The van der Waals surface area contributed by atoms with E-state index in [9.17, 15) is 18.0 Å². The molecule has 0 aromatic heterocycles. The van der Waals surface area contributed by atoms with Gasteiger partial charge in [-0.1, -0.05) is 56.1 Å². The first-order valence-corrected chi connectivity index (χ1v) is 15.3. The molecule has 0 unspecified atom stereocenters. The Labute approximate surface area is 244 Å². The summed E-state index contributed by atoms with van der Waals surface area (Å²) in [5.74, 6) is -0.631. The quantitative estimate of drug-likeness (QED) is 0.197. The van der Waals surface area contributed by atoms with Gasteiger partial charge in [0.2, 0.25) is 0 Å². The number of esters is 2. The Morgan fingerprint density at radius 1 is 0.846 bits per heavy atom. The number of rotatable bonds is 14. The Morgan fingerprint density at radius 2 is 1.28 bits per heavy atom. The summed E-state index contributed by atoms with van der Waals surface area (Å²) in [4.78, 5) is 22.6. The summed E-state index contributed by atoms with van der Waals surface area (Å²) in [5, 5.41) is 0.686. The van der Waals surface area contributed by atoms with E-state index < -0.39 is 39.4 Å². The van der Waals surface area contributed by atoms with Crippen LogP contribution in [0.1, 0.15) is 45.7 Å². The minimum atomic E-state index is -3.39. The average Bonchev–Trinajstić information content (AvgIpc) is 2.85. The second-order valence-electron chi connectivity index (χ2n) is 9.35. The third-order valence-corrected chi connectivity index (χ3v) is 8.57. The van der Waals surface area contributed by atoms with Crippen molar-refractivity contribution in [2.24, 2.45) is 0 Å². The van der Waals surface area contributed by atoms with Gasteiger partial charge in [-0.05, 0) is 35.4 Å². The second-order valence-corrected chi connectivity index (χ2v) is 12.9. The average molecular weight is 624 g/mol. The molecule has 0 N–H and O–H groups in total. The molecule has 0 fully saturated rings. The molecule has 0 saturated heterocycles. The van der Waals surface area contributed by atoms with Crippen LogP contribution in [0.5, 0.6) is 11.5 Å². The zero-order chi connectivity index (χ0) is 29.4. The van der Waals surface area contributed by atoms with Gasteiger partial charge in [0.1, 0.15) is 36.9 Å². The van der Waals surface area contributed by atoms with E-state index in [1.807, 2.05) is 26.0 Å². The van der Waals surface area contributed by atoms with E-state index in [0.29, 0.717) is 21.5 Å². The SMILES string of the molecule is CCS(=O)(=O)C[C@H](COc1ccc(C(C)(C)c2ccc(OC[C@@H](CCl)OC(C)=O)c(Cl)c2)cc1Cl)OC(C)=O. The van der Waals surface area contributed by atoms with Crippen molar-refractivity contribution in [3.63, 3.8) is 0 Å². The van der Waals surface area contributed by atoms with E-state index in [2.05, 4.69) is 0 Å². The topological polar surface area (TPSA) is 105 Å². The van der Waals surface area contributed by atoms with Crippen LogP contribution in [0.2, 0.25) is 10.0 Å². The lowest BCUT2D eigenvalue weighted by Gasteiger charge is -2.27. The molecule has 8 nitrogen and oxygen atoms in total. The number of sulfone groups is 1. The number of alkyl halides is 1. The lowest BCUT2D eigenvalue weighted by molar-refractivity contribution is -0.147. The van der Waals surface area contributed by atoms with Crippen LogP contribution in [0.15, 0.2) is 36.4 Å². The Morgan fingerprint density at radius 3 is 1.67 bits per heavy atom. The molecular weight excluding hydrogens is 591 g/mol. The molecule has 0 saturated carbocycles. The van der Waals surface area contributed by atoms with Crippen LogP contribution in [-0.4, -0.2) is 63.2 Å². The molecule has 0 amide bonds. The smallest absolute Gasteiger partial charge is 0.303 e. The summed E-state index contributed by atoms with van der Waals surface area (Å²) in [7, 11) is -3.39. The minimum Gasteiger partial charge on any atom is -0.488 e. The van der Waals surface area contributed by atoms with E-state index in [1.54, 1.807) is 24.3 Å². The fraction of sp³-hybridized carbons (Fsp3) is 0.481. The molecule has 2 atom stereocenters. The molecule has 2 rings (SSSR count). The molecule has 2 aromatic rings. The van der Waals surface area contributed by atoms with Gasteiger partial charge in [-0.15, -0.1) is 11.6 Å². The fourth-order valence-corrected chi connectivity index (χ4v) is 5.23. The van der Waals surface area contributed by atoms with Gasteiger partial charge in [0, 0.05) is 25.0 Å². The normalized spacial score (nSPS) is 13.3. The first-order valence-electron chi connectivity index (χ1n) is 12.1. The molecule has 0 aliphatic rings. The van der Waals surface area contributed by atoms with Gasteiger partial charge in [0.25, 0.3) is 0 Å². The van der Waals surface area contributed by atoms with Gasteiger partial charge in [-0.2, -0.15) is 0 Å². The number of ether oxygens (including phenoxy) is 4. The van der Waals surface area contributed by atoms with E-state index in [4.69, 9.17) is 53.8 Å². The van der Waals surface area contributed by atoms with Crippen molar-refractivity contribution in [3.8, 4) is 11.5 Å². The van der Waals surface area contributed by atoms with Crippen LogP contribution < -0.4 is 9.47 Å². The van der Waals surface area contributed by atoms with Crippen LogP contribution >= 0.6 is 34.8 Å². The van der Waals surface area contributed by atoms with Crippen LogP contribution in [0.25, 0.3) is 0 Å². The molecular formula is C27H33Cl3O8S. The second kappa shape index (κ2) is 14.4. The Hall–Kier alpha value is -2.20. The van der Waals surface area contributed by atoms with E-state index in [0.717, 1.165) is 11.1 Å². The van der Waals surface area contributed by atoms with Crippen molar-refractivity contribution in [3.05, 3.63) is 57.6 Å². The fourth-order valence-electron chi connectivity index (χ4n) is 3.64. The molecule has 0 radical (unpaired) electrons. The lowest BCUT2D eigenvalue weighted by Crippen LogP contribution is -2.32. The maximum Gasteiger partial charge on any atom is 0.303 e. The molecule has 0 spiro atoms. The van der Waals surface area contributed by atoms with Crippen molar-refractivity contribution in [1.82, 2.24) is 0 Å². The first kappa shape index (κ1) is 33.0. The highest BCUT2D eigenvalue weighted by molar-refractivity contribution is 7.91. The predicted octanol–water partition coefficient (Wildman–Crippen LogP) is 5.61. The molecule has 39 heavy (non-hydrogen) atoms. The van der Waals surface area contributed by atoms with Crippen molar-refractivity contribution < 1.29 is 37.0 Å². The van der Waals surface area contributed by atoms with Crippen LogP contribution in [0.3, 0.4) is 0 Å². The highest BCUT2D eigenvalue weighted by atomic mass is 35.5. The number of hydrogen-bond acceptors (Lipinski definition) is 8. The van der Waals surface area contributed by atoms with Crippen molar-refractivity contribution >= 4 is 56.6 Å². The standard InChI is InChI=1S/C27H33Cl3O8S/c1-6-39(33,34)16-22(38-18(3)32)15-36-26-10-8-20(12-24(26)30)27(4,5)19-7-9-25(23(29)11-19)35-14-21(13-28)37-17(2)31/h7-12,21-22H,6,13-16H2,1-5H3/t21-,22+/m1/s1. The maximum atomic E-state index is 12.0. The third kappa shape index (κ3) is 10.0. The summed E-state index contributed by atoms with van der Waals surface area (Å²) in [5.41, 5.74) is 1.24. The number of hydrogen-bond donors (Lipinski definition) is 0. The van der Waals surface area contributed by atoms with Gasteiger partial charge in [-0.3, -0.25) is 9.59 Å². The number of benzene rings is 2. The van der Waals surface area contributed by atoms with Gasteiger partial charge in [0.15, 0.2) is 9.84 Å². The lowest BCUT2D eigenvalue weighted by atomic mass is 9.78. The molecule has 12 heteroatoms. The van der Waals surface area contributed by atoms with E-state index in [1.165, 1.54) is 20.8 Å². The molecule has 0 aliphatic heterocycles. The molecule has 0 heterocycles. The Kier molecular flexibility index (Phi) is 12.2. The zero-order valence-electron chi connectivity index (χ0n) is 22.5. The highest BCUT2D eigenvalue weighted by Gasteiger charge is 2.26. The van der Waals surface area contributed by atoms with Crippen LogP contribution in [0.4, 0.5) is 0 Å². The Balaban J connectivity index is 2.16. The number of carbonyl (C=O) groups is 2. The van der Waals surface area contributed by atoms with Crippen molar-refractivity contribution in [2.45, 2.75) is 52.2 Å². The molecule has 0 aliphatic carbocycles. The van der Waals surface area contributed by atoms with Gasteiger partial charge >= 0.3 is 11.9 Å². The summed E-state index contributed by atoms with van der Waals surface area (Å²) in [6, 6.07) is 10.7. The van der Waals surface area contributed by atoms with Gasteiger partial charge in [-0.25, -0.2) is 8.42 Å². The monoisotopic (exact) mass is 622 g/mol. The Bertz CT molecular complexity index is 1260. The maximum absolute atomic E-state index is 12.0. The highest BCUT2D eigenvalue weighted by Crippen LogP contribution is 2.38. The third-order valence-electron chi connectivity index (χ3n) is 5.87. The largest absolute Gasteiger partial charge is 0.488 e.